The van der Waals surface area contributed by atoms with Crippen LogP contribution in [0.25, 0.3) is 0 Å². The Hall–Kier alpha value is -2.40. The molecule has 0 atom stereocenters. The van der Waals surface area contributed by atoms with Crippen molar-refractivity contribution >= 4 is 15.9 Å². The minimum absolute atomic E-state index is 0.00507. The predicted molar refractivity (Wildman–Crippen MR) is 81.9 cm³/mol. The zero-order valence-electron chi connectivity index (χ0n) is 13.3. The smallest absolute Gasteiger partial charge is 0.254 e. The second kappa shape index (κ2) is 7.23. The molecule has 1 heterocycles. The van der Waals surface area contributed by atoms with Crippen LogP contribution in [0.2, 0.25) is 0 Å². The summed E-state index contributed by atoms with van der Waals surface area (Å²) in [6.45, 7) is 2.68. The Bertz CT molecular complexity index is 893. The number of aromatic nitrogens is 2. The molecule has 0 aliphatic carbocycles. The fourth-order valence-electron chi connectivity index (χ4n) is 2.17. The highest BCUT2D eigenvalue weighted by molar-refractivity contribution is 7.89. The first kappa shape index (κ1) is 18.9. The van der Waals surface area contributed by atoms with Crippen molar-refractivity contribution < 1.29 is 26.4 Å². The zero-order valence-corrected chi connectivity index (χ0v) is 14.1. The number of carbonyl (C=O) groups excluding carboxylic acids is 1. The number of aryl methyl sites for hydroxylation is 2. The van der Waals surface area contributed by atoms with E-state index in [4.69, 9.17) is 0 Å². The van der Waals surface area contributed by atoms with Gasteiger partial charge in [0.15, 0.2) is 17.5 Å². The van der Waals surface area contributed by atoms with Crippen LogP contribution in [0.4, 0.5) is 13.2 Å². The Labute approximate surface area is 141 Å². The number of nitrogens with zero attached hydrogens (tertiary/aromatic N) is 1. The van der Waals surface area contributed by atoms with Gasteiger partial charge in [0.25, 0.3) is 5.91 Å². The molecule has 0 fully saturated rings. The average Bonchev–Trinajstić information content (AvgIpc) is 2.88. The third kappa shape index (κ3) is 3.99. The van der Waals surface area contributed by atoms with Crippen molar-refractivity contribution in [3.63, 3.8) is 0 Å². The number of hydrogen-bond donors (Lipinski definition) is 3. The largest absolute Gasteiger partial charge is 0.351 e. The molecular formula is C14H15F3N4O3S. The summed E-state index contributed by atoms with van der Waals surface area (Å²) in [6.07, 6.45) is 0. The number of nitrogens with one attached hydrogen (secondary N) is 3. The van der Waals surface area contributed by atoms with Gasteiger partial charge in [0.05, 0.1) is 17.0 Å². The van der Waals surface area contributed by atoms with E-state index in [1.54, 1.807) is 6.92 Å². The lowest BCUT2D eigenvalue weighted by molar-refractivity contribution is 0.0949. The molecule has 0 bridgehead atoms. The minimum Gasteiger partial charge on any atom is -0.351 e. The first-order valence-corrected chi connectivity index (χ1v) is 8.56. The topological polar surface area (TPSA) is 104 Å². The number of halogens is 3. The Kier molecular flexibility index (Phi) is 5.48. The maximum Gasteiger partial charge on any atom is 0.254 e. The Balaban J connectivity index is 1.95. The molecule has 1 aromatic carbocycles. The van der Waals surface area contributed by atoms with Crippen LogP contribution in [0.3, 0.4) is 0 Å². The summed E-state index contributed by atoms with van der Waals surface area (Å²) in [6, 6.07) is 1.42. The number of sulfonamides is 1. The number of amides is 1. The van der Waals surface area contributed by atoms with Crippen LogP contribution in [-0.4, -0.2) is 37.6 Å². The normalized spacial score (nSPS) is 11.6. The van der Waals surface area contributed by atoms with Crippen molar-refractivity contribution in [2.45, 2.75) is 18.7 Å². The van der Waals surface area contributed by atoms with Crippen LogP contribution in [0.5, 0.6) is 0 Å². The van der Waals surface area contributed by atoms with E-state index >= 15 is 0 Å². The molecule has 0 aliphatic heterocycles. The molecule has 7 nitrogen and oxygen atoms in total. The molecule has 1 aromatic heterocycles. The lowest BCUT2D eigenvalue weighted by Crippen LogP contribution is -2.35. The second-order valence-corrected chi connectivity index (χ2v) is 6.84. The maximum atomic E-state index is 13.5. The molecule has 1 amide bonds. The van der Waals surface area contributed by atoms with Crippen molar-refractivity contribution in [1.82, 2.24) is 20.2 Å². The van der Waals surface area contributed by atoms with Crippen LogP contribution in [0, 0.1) is 31.3 Å². The highest BCUT2D eigenvalue weighted by Crippen LogP contribution is 2.16. The Morgan fingerprint density at radius 1 is 1.16 bits per heavy atom. The van der Waals surface area contributed by atoms with Gasteiger partial charge in [-0.2, -0.15) is 5.10 Å². The number of hydrogen-bond acceptors (Lipinski definition) is 4. The third-order valence-electron chi connectivity index (χ3n) is 3.31. The van der Waals surface area contributed by atoms with E-state index in [9.17, 15) is 26.4 Å². The summed E-state index contributed by atoms with van der Waals surface area (Å²) in [5.74, 6) is -5.76. The first-order valence-electron chi connectivity index (χ1n) is 7.08. The summed E-state index contributed by atoms with van der Waals surface area (Å²) in [7, 11) is -3.84. The van der Waals surface area contributed by atoms with Gasteiger partial charge in [-0.1, -0.05) is 0 Å². The molecule has 0 saturated heterocycles. The molecule has 0 saturated carbocycles. The van der Waals surface area contributed by atoms with Gasteiger partial charge in [0, 0.05) is 13.1 Å². The molecule has 0 unspecified atom stereocenters. The van der Waals surface area contributed by atoms with E-state index in [1.165, 1.54) is 6.92 Å². The molecule has 2 rings (SSSR count). The maximum absolute atomic E-state index is 13.5. The van der Waals surface area contributed by atoms with Crippen LogP contribution >= 0.6 is 0 Å². The van der Waals surface area contributed by atoms with E-state index in [-0.39, 0.29) is 23.7 Å². The number of carbonyl (C=O) groups is 1. The lowest BCUT2D eigenvalue weighted by Gasteiger charge is -2.09. The summed E-state index contributed by atoms with van der Waals surface area (Å²) >= 11 is 0. The molecule has 2 aromatic rings. The van der Waals surface area contributed by atoms with Gasteiger partial charge in [0.2, 0.25) is 10.0 Å². The van der Waals surface area contributed by atoms with Crippen molar-refractivity contribution in [1.29, 1.82) is 0 Å². The number of aromatic amines is 1. The van der Waals surface area contributed by atoms with Gasteiger partial charge in [-0.3, -0.25) is 9.89 Å². The average molecular weight is 376 g/mol. The van der Waals surface area contributed by atoms with Crippen molar-refractivity contribution in [2.75, 3.05) is 13.1 Å². The first-order chi connectivity index (χ1) is 11.6. The zero-order chi connectivity index (χ0) is 18.8. The van der Waals surface area contributed by atoms with E-state index in [1.807, 2.05) is 0 Å². The standard InChI is InChI=1S/C14H15F3N4O3S/c1-7-13(8(2)21-20-7)25(23,24)19-6-5-18-14(22)9-3-4-10(15)12(17)11(9)16/h3-4,19H,5-6H2,1-2H3,(H,18,22)(H,20,21). The third-order valence-corrected chi connectivity index (χ3v) is 5.03. The predicted octanol–water partition coefficient (Wildman–Crippen LogP) is 1.15. The number of benzene rings is 1. The Morgan fingerprint density at radius 2 is 1.84 bits per heavy atom. The van der Waals surface area contributed by atoms with E-state index < -0.39 is 38.9 Å². The molecule has 0 radical (unpaired) electrons. The van der Waals surface area contributed by atoms with Gasteiger partial charge in [-0.25, -0.2) is 26.3 Å². The van der Waals surface area contributed by atoms with Crippen LogP contribution < -0.4 is 10.0 Å². The molecule has 0 spiro atoms. The molecule has 136 valence electrons. The summed E-state index contributed by atoms with van der Waals surface area (Å²) in [4.78, 5) is 11.8. The van der Waals surface area contributed by atoms with Crippen LogP contribution in [0.15, 0.2) is 17.0 Å². The van der Waals surface area contributed by atoms with Crippen LogP contribution in [-0.2, 0) is 10.0 Å². The molecular weight excluding hydrogens is 361 g/mol. The van der Waals surface area contributed by atoms with Crippen molar-refractivity contribution in [2.24, 2.45) is 0 Å². The van der Waals surface area contributed by atoms with Crippen LogP contribution in [0.1, 0.15) is 21.7 Å². The highest BCUT2D eigenvalue weighted by Gasteiger charge is 2.22. The van der Waals surface area contributed by atoms with E-state index in [2.05, 4.69) is 20.2 Å². The van der Waals surface area contributed by atoms with E-state index in [0.717, 1.165) is 6.07 Å². The van der Waals surface area contributed by atoms with E-state index in [0.29, 0.717) is 11.8 Å². The Morgan fingerprint density at radius 3 is 2.44 bits per heavy atom. The van der Waals surface area contributed by atoms with Gasteiger partial charge < -0.3 is 5.32 Å². The van der Waals surface area contributed by atoms with Gasteiger partial charge in [-0.05, 0) is 26.0 Å². The SMILES string of the molecule is Cc1n[nH]c(C)c1S(=O)(=O)NCCNC(=O)c1ccc(F)c(F)c1F. The summed E-state index contributed by atoms with van der Waals surface area (Å²) < 4.78 is 66.0. The fraction of sp³-hybridized carbons (Fsp3) is 0.286. The monoisotopic (exact) mass is 376 g/mol. The summed E-state index contributed by atoms with van der Waals surface area (Å²) in [5.41, 5.74) is -0.0286. The van der Waals surface area contributed by atoms with Crippen molar-refractivity contribution in [3.05, 3.63) is 46.5 Å². The van der Waals surface area contributed by atoms with Gasteiger partial charge in [-0.15, -0.1) is 0 Å². The minimum atomic E-state index is -3.84. The number of H-pyrrole nitrogens is 1. The molecule has 25 heavy (non-hydrogen) atoms. The van der Waals surface area contributed by atoms with Gasteiger partial charge >= 0.3 is 0 Å². The highest BCUT2D eigenvalue weighted by atomic mass is 32.2. The van der Waals surface area contributed by atoms with Gasteiger partial charge in [0.1, 0.15) is 4.90 Å². The molecule has 0 aliphatic rings. The lowest BCUT2D eigenvalue weighted by atomic mass is 10.2. The fourth-order valence-corrected chi connectivity index (χ4v) is 3.57. The molecule has 3 N–H and O–H groups in total. The second-order valence-electron chi connectivity index (χ2n) is 5.14. The quantitative estimate of drug-likeness (QED) is 0.520. The van der Waals surface area contributed by atoms with Crippen molar-refractivity contribution in [3.8, 4) is 0 Å². The number of rotatable bonds is 6. The summed E-state index contributed by atoms with van der Waals surface area (Å²) in [5, 5.41) is 8.54. The molecule has 11 heteroatoms.